The Labute approximate surface area is 116 Å². The summed E-state index contributed by atoms with van der Waals surface area (Å²) in [6.07, 6.45) is 2.77. The number of thiazole rings is 1. The van der Waals surface area contributed by atoms with Gasteiger partial charge in [-0.05, 0) is 25.7 Å². The maximum absolute atomic E-state index is 11.2. The molecule has 6 heteroatoms. The van der Waals surface area contributed by atoms with E-state index in [1.807, 2.05) is 4.90 Å². The highest BCUT2D eigenvalue weighted by molar-refractivity contribution is 7.13. The van der Waals surface area contributed by atoms with Crippen molar-refractivity contribution in [1.82, 2.24) is 9.88 Å². The molecule has 1 aliphatic heterocycles. The molecule has 0 bridgehead atoms. The second-order valence-electron chi connectivity index (χ2n) is 4.98. The Morgan fingerprint density at radius 1 is 1.42 bits per heavy atom. The molecule has 0 aromatic carbocycles. The third-order valence-electron chi connectivity index (χ3n) is 3.56. The molecule has 104 valence electrons. The predicted molar refractivity (Wildman–Crippen MR) is 72.5 cm³/mol. The van der Waals surface area contributed by atoms with Crippen LogP contribution in [0.3, 0.4) is 0 Å². The normalized spacial score (nSPS) is 16.6. The van der Waals surface area contributed by atoms with Crippen molar-refractivity contribution in [2.24, 2.45) is 5.92 Å². The average Bonchev–Trinajstić information content (AvgIpc) is 2.71. The molecule has 1 amide bonds. The molecule has 0 radical (unpaired) electrons. The second-order valence-corrected chi connectivity index (χ2v) is 6.06. The Morgan fingerprint density at radius 3 is 2.53 bits per heavy atom. The van der Waals surface area contributed by atoms with Crippen LogP contribution in [-0.4, -0.2) is 40.0 Å². The zero-order chi connectivity index (χ0) is 14.0. The molecule has 1 N–H and O–H groups in total. The van der Waals surface area contributed by atoms with Crippen LogP contribution in [0.4, 0.5) is 0 Å². The number of hydrogen-bond donors (Lipinski definition) is 1. The minimum absolute atomic E-state index is 0.136. The molecule has 0 spiro atoms. The van der Waals surface area contributed by atoms with Gasteiger partial charge < -0.3 is 10.0 Å². The van der Waals surface area contributed by atoms with E-state index in [1.165, 1.54) is 11.3 Å². The molecule has 1 fully saturated rings. The standard InChI is InChI=1S/C13H18N2O3S/c1-8-12(13(17)18)19-11(14-8)7-10-3-5-15(6-4-10)9(2)16/h10H,3-7H2,1-2H3,(H,17,18). The lowest BCUT2D eigenvalue weighted by atomic mass is 9.94. The molecule has 1 aliphatic rings. The van der Waals surface area contributed by atoms with E-state index in [-0.39, 0.29) is 5.91 Å². The summed E-state index contributed by atoms with van der Waals surface area (Å²) in [5.41, 5.74) is 0.605. The first-order valence-corrected chi connectivity index (χ1v) is 7.24. The maximum atomic E-state index is 11.2. The van der Waals surface area contributed by atoms with Gasteiger partial charge in [-0.25, -0.2) is 9.78 Å². The molecule has 19 heavy (non-hydrogen) atoms. The third-order valence-corrected chi connectivity index (χ3v) is 4.73. The molecule has 0 saturated carbocycles. The number of nitrogens with zero attached hydrogens (tertiary/aromatic N) is 2. The Bertz CT molecular complexity index is 490. The SMILES string of the molecule is CC(=O)N1CCC(Cc2nc(C)c(C(=O)O)s2)CC1. The molecule has 2 rings (SSSR count). The summed E-state index contributed by atoms with van der Waals surface area (Å²) in [7, 11) is 0. The monoisotopic (exact) mass is 282 g/mol. The van der Waals surface area contributed by atoms with E-state index in [9.17, 15) is 9.59 Å². The fraction of sp³-hybridized carbons (Fsp3) is 0.615. The Morgan fingerprint density at radius 2 is 2.05 bits per heavy atom. The molecular weight excluding hydrogens is 264 g/mol. The highest BCUT2D eigenvalue weighted by atomic mass is 32.1. The lowest BCUT2D eigenvalue weighted by Crippen LogP contribution is -2.37. The van der Waals surface area contributed by atoms with E-state index in [4.69, 9.17) is 5.11 Å². The number of likely N-dealkylation sites (tertiary alicyclic amines) is 1. The summed E-state index contributed by atoms with van der Waals surface area (Å²) in [6.45, 7) is 4.94. The molecule has 1 saturated heterocycles. The summed E-state index contributed by atoms with van der Waals surface area (Å²) in [4.78, 5) is 28.8. The lowest BCUT2D eigenvalue weighted by molar-refractivity contribution is -0.130. The quantitative estimate of drug-likeness (QED) is 0.920. The average molecular weight is 282 g/mol. The van der Waals surface area contributed by atoms with Crippen LogP contribution in [0, 0.1) is 12.8 Å². The van der Waals surface area contributed by atoms with E-state index in [1.54, 1.807) is 13.8 Å². The number of aromatic nitrogens is 1. The number of carbonyl (C=O) groups excluding carboxylic acids is 1. The van der Waals surface area contributed by atoms with Crippen LogP contribution in [0.2, 0.25) is 0 Å². The van der Waals surface area contributed by atoms with Gasteiger partial charge in [-0.15, -0.1) is 11.3 Å². The number of piperidine rings is 1. The second kappa shape index (κ2) is 5.69. The van der Waals surface area contributed by atoms with Gasteiger partial charge in [0.2, 0.25) is 5.91 Å². The zero-order valence-electron chi connectivity index (χ0n) is 11.2. The number of aryl methyl sites for hydroxylation is 1. The largest absolute Gasteiger partial charge is 0.477 e. The van der Waals surface area contributed by atoms with Crippen molar-refractivity contribution in [2.75, 3.05) is 13.1 Å². The Kier molecular flexibility index (Phi) is 4.19. The molecule has 5 nitrogen and oxygen atoms in total. The van der Waals surface area contributed by atoms with Gasteiger partial charge in [0.1, 0.15) is 4.88 Å². The van der Waals surface area contributed by atoms with Crippen molar-refractivity contribution < 1.29 is 14.7 Å². The number of carboxylic acids is 1. The summed E-state index contributed by atoms with van der Waals surface area (Å²) in [5.74, 6) is -0.257. The topological polar surface area (TPSA) is 70.5 Å². The van der Waals surface area contributed by atoms with Crippen molar-refractivity contribution in [3.05, 3.63) is 15.6 Å². The minimum atomic E-state index is -0.896. The van der Waals surface area contributed by atoms with Crippen LogP contribution >= 0.6 is 11.3 Å². The van der Waals surface area contributed by atoms with Crippen LogP contribution in [-0.2, 0) is 11.2 Å². The van der Waals surface area contributed by atoms with E-state index in [2.05, 4.69) is 4.98 Å². The predicted octanol–water partition coefficient (Wildman–Crippen LogP) is 1.95. The smallest absolute Gasteiger partial charge is 0.347 e. The summed E-state index contributed by atoms with van der Waals surface area (Å²) in [5, 5.41) is 9.91. The number of aromatic carboxylic acids is 1. The Balaban J connectivity index is 1.94. The van der Waals surface area contributed by atoms with Gasteiger partial charge >= 0.3 is 5.97 Å². The fourth-order valence-corrected chi connectivity index (χ4v) is 3.45. The van der Waals surface area contributed by atoms with Crippen LogP contribution in [0.1, 0.15) is 40.1 Å². The zero-order valence-corrected chi connectivity index (χ0v) is 12.0. The van der Waals surface area contributed by atoms with Crippen molar-refractivity contribution in [2.45, 2.75) is 33.1 Å². The van der Waals surface area contributed by atoms with Gasteiger partial charge in [0.15, 0.2) is 0 Å². The molecular formula is C13H18N2O3S. The number of hydrogen-bond acceptors (Lipinski definition) is 4. The lowest BCUT2D eigenvalue weighted by Gasteiger charge is -2.30. The third kappa shape index (κ3) is 3.32. The summed E-state index contributed by atoms with van der Waals surface area (Å²) >= 11 is 1.28. The summed E-state index contributed by atoms with van der Waals surface area (Å²) < 4.78 is 0. The van der Waals surface area contributed by atoms with E-state index in [0.29, 0.717) is 16.5 Å². The van der Waals surface area contributed by atoms with Gasteiger partial charge in [-0.3, -0.25) is 4.79 Å². The van der Waals surface area contributed by atoms with Gasteiger partial charge in [-0.2, -0.15) is 0 Å². The van der Waals surface area contributed by atoms with E-state index >= 15 is 0 Å². The minimum Gasteiger partial charge on any atom is -0.477 e. The van der Waals surface area contributed by atoms with Gasteiger partial charge in [0.25, 0.3) is 0 Å². The Hall–Kier alpha value is -1.43. The van der Waals surface area contributed by atoms with E-state index < -0.39 is 5.97 Å². The first-order chi connectivity index (χ1) is 8.97. The summed E-state index contributed by atoms with van der Waals surface area (Å²) in [6, 6.07) is 0. The number of amides is 1. The molecule has 1 aromatic rings. The molecule has 0 atom stereocenters. The van der Waals surface area contributed by atoms with Crippen LogP contribution in [0.15, 0.2) is 0 Å². The van der Waals surface area contributed by atoms with Gasteiger partial charge in [-0.1, -0.05) is 0 Å². The molecule has 2 heterocycles. The number of carboxylic acid groups (broad SMARTS) is 1. The first-order valence-electron chi connectivity index (χ1n) is 6.42. The van der Waals surface area contributed by atoms with Crippen molar-refractivity contribution in [3.8, 4) is 0 Å². The maximum Gasteiger partial charge on any atom is 0.347 e. The number of rotatable bonds is 3. The van der Waals surface area contributed by atoms with Crippen molar-refractivity contribution >= 4 is 23.2 Å². The highest BCUT2D eigenvalue weighted by Gasteiger charge is 2.23. The molecule has 1 aromatic heterocycles. The van der Waals surface area contributed by atoms with Crippen LogP contribution in [0.5, 0.6) is 0 Å². The van der Waals surface area contributed by atoms with Crippen molar-refractivity contribution in [3.63, 3.8) is 0 Å². The first kappa shape index (κ1) is 14.0. The fourth-order valence-electron chi connectivity index (χ4n) is 2.44. The molecule has 0 unspecified atom stereocenters. The van der Waals surface area contributed by atoms with Crippen molar-refractivity contribution in [1.29, 1.82) is 0 Å². The highest BCUT2D eigenvalue weighted by Crippen LogP contribution is 2.25. The van der Waals surface area contributed by atoms with E-state index in [0.717, 1.165) is 37.4 Å². The number of carbonyl (C=O) groups is 2. The van der Waals surface area contributed by atoms with Crippen LogP contribution < -0.4 is 0 Å². The molecule has 0 aliphatic carbocycles. The van der Waals surface area contributed by atoms with Gasteiger partial charge in [0.05, 0.1) is 10.7 Å². The van der Waals surface area contributed by atoms with Crippen LogP contribution in [0.25, 0.3) is 0 Å². The van der Waals surface area contributed by atoms with Gasteiger partial charge in [0, 0.05) is 26.4 Å².